The Hall–Kier alpha value is -3.24. The Morgan fingerprint density at radius 3 is 2.03 bits per heavy atom. The molecule has 0 spiro atoms. The van der Waals surface area contributed by atoms with Crippen molar-refractivity contribution in [3.05, 3.63) is 77.4 Å². The predicted molar refractivity (Wildman–Crippen MR) is 158 cm³/mol. The van der Waals surface area contributed by atoms with Gasteiger partial charge in [0.15, 0.2) is 5.41 Å². The topological polar surface area (TPSA) is 92.7 Å². The summed E-state index contributed by atoms with van der Waals surface area (Å²) in [7, 11) is -3.26. The summed E-state index contributed by atoms with van der Waals surface area (Å²) in [6, 6.07) is 15.5. The van der Waals surface area contributed by atoms with E-state index in [9.17, 15) is 19.5 Å². The molecule has 0 aliphatic heterocycles. The minimum Gasteiger partial charge on any atom is -0.480 e. The van der Waals surface area contributed by atoms with Gasteiger partial charge in [-0.15, -0.1) is 0 Å². The van der Waals surface area contributed by atoms with Crippen molar-refractivity contribution in [3.63, 3.8) is 0 Å². The second kappa shape index (κ2) is 11.2. The highest BCUT2D eigenvalue weighted by Crippen LogP contribution is 2.40. The minimum atomic E-state index is -1.85. The van der Waals surface area contributed by atoms with Crippen LogP contribution >= 0.6 is 0 Å². The van der Waals surface area contributed by atoms with Gasteiger partial charge in [0.05, 0.1) is 16.1 Å². The van der Waals surface area contributed by atoms with Gasteiger partial charge < -0.3 is 15.2 Å². The molecule has 3 rings (SSSR count). The molecule has 1 aliphatic carbocycles. The summed E-state index contributed by atoms with van der Waals surface area (Å²) in [6.07, 6.45) is 3.22. The monoisotopic (exact) mass is 549 g/mol. The van der Waals surface area contributed by atoms with Gasteiger partial charge in [-0.1, -0.05) is 99.1 Å². The maximum atomic E-state index is 13.3. The molecule has 0 saturated carbocycles. The van der Waals surface area contributed by atoms with Crippen molar-refractivity contribution in [2.75, 3.05) is 5.32 Å². The highest BCUT2D eigenvalue weighted by molar-refractivity contribution is 6.91. The normalized spacial score (nSPS) is 17.8. The predicted octanol–water partition coefficient (Wildman–Crippen LogP) is 5.20. The van der Waals surface area contributed by atoms with Crippen LogP contribution in [0.3, 0.4) is 0 Å². The van der Waals surface area contributed by atoms with Gasteiger partial charge in [-0.2, -0.15) is 0 Å². The fraction of sp³-hybridized carbons (Fsp3) is 0.367. The van der Waals surface area contributed by atoms with E-state index in [0.29, 0.717) is 17.6 Å². The molecule has 38 heavy (non-hydrogen) atoms. The lowest BCUT2D eigenvalue weighted by molar-refractivity contribution is -0.166. The van der Waals surface area contributed by atoms with Gasteiger partial charge in [-0.3, -0.25) is 14.4 Å². The van der Waals surface area contributed by atoms with Gasteiger partial charge in [0.2, 0.25) is 0 Å². The summed E-state index contributed by atoms with van der Waals surface area (Å²) in [5, 5.41) is 15.8. The molecule has 1 atom stereocenters. The lowest BCUT2D eigenvalue weighted by Crippen LogP contribution is -2.45. The van der Waals surface area contributed by atoms with Gasteiger partial charge in [0, 0.05) is 11.3 Å². The number of carbonyl (C=O) groups excluding carboxylic acids is 2. The highest BCUT2D eigenvalue weighted by atomic mass is 28.3. The van der Waals surface area contributed by atoms with Crippen molar-refractivity contribution in [2.45, 2.75) is 65.7 Å². The molecule has 0 unspecified atom stereocenters. The second-order valence-corrected chi connectivity index (χ2v) is 22.1. The first-order valence-corrected chi connectivity index (χ1v) is 20.0. The van der Waals surface area contributed by atoms with Crippen LogP contribution in [-0.2, 0) is 25.7 Å². The molecule has 0 saturated heterocycles. The summed E-state index contributed by atoms with van der Waals surface area (Å²) in [5.41, 5.74) is 0.373. The fourth-order valence-corrected chi connectivity index (χ4v) is 6.97. The number of ether oxygens (including phenoxy) is 1. The molecule has 0 heterocycles. The largest absolute Gasteiger partial charge is 0.480 e. The molecular formula is C30H39NO5Si2. The number of anilines is 1. The van der Waals surface area contributed by atoms with Crippen LogP contribution in [0.25, 0.3) is 0 Å². The molecule has 2 N–H and O–H groups in total. The number of nitrogens with one attached hydrogen (secondary N) is 1. The Morgan fingerprint density at radius 2 is 1.53 bits per heavy atom. The lowest BCUT2D eigenvalue weighted by atomic mass is 9.72. The van der Waals surface area contributed by atoms with Crippen molar-refractivity contribution in [1.82, 2.24) is 0 Å². The van der Waals surface area contributed by atoms with Crippen molar-refractivity contribution in [1.29, 1.82) is 0 Å². The van der Waals surface area contributed by atoms with E-state index in [2.05, 4.69) is 62.8 Å². The quantitative estimate of drug-likeness (QED) is 0.255. The van der Waals surface area contributed by atoms with Crippen LogP contribution in [-0.4, -0.2) is 39.1 Å². The first kappa shape index (κ1) is 29.3. The van der Waals surface area contributed by atoms with E-state index in [1.165, 1.54) is 16.4 Å². The molecule has 1 amide bonds. The Bertz CT molecular complexity index is 1250. The van der Waals surface area contributed by atoms with Crippen molar-refractivity contribution in [2.24, 2.45) is 5.41 Å². The molecule has 0 aromatic heterocycles. The van der Waals surface area contributed by atoms with E-state index in [1.54, 1.807) is 13.0 Å². The maximum absolute atomic E-state index is 13.3. The molecular weight excluding hydrogens is 511 g/mol. The summed E-state index contributed by atoms with van der Waals surface area (Å²) in [4.78, 5) is 39.0. The molecule has 6 nitrogen and oxygen atoms in total. The van der Waals surface area contributed by atoms with Crippen LogP contribution in [0.15, 0.2) is 71.8 Å². The standard InChI is InChI=1S/C30H39NO5Si2/c1-8-23-16-22(14-15-30(23,28(33)34)29(35)36-20-21-12-10-9-11-13-21)27(32)31-24-17-25(37(2,3)4)19-26(18-24)38(5,6)7/h9-14,16-19H,8,15,20H2,1-7H3,(H,31,32)(H,33,34)/t30-/m0/s1. The summed E-state index contributed by atoms with van der Waals surface area (Å²) in [6.45, 7) is 15.5. The maximum Gasteiger partial charge on any atom is 0.328 e. The van der Waals surface area contributed by atoms with Crippen LogP contribution in [0.5, 0.6) is 0 Å². The van der Waals surface area contributed by atoms with Gasteiger partial charge >= 0.3 is 11.9 Å². The average Bonchev–Trinajstić information content (AvgIpc) is 2.85. The number of rotatable bonds is 9. The molecule has 1 aliphatic rings. The van der Waals surface area contributed by atoms with Crippen LogP contribution in [0.1, 0.15) is 25.3 Å². The van der Waals surface area contributed by atoms with Gasteiger partial charge in [0.1, 0.15) is 6.61 Å². The third kappa shape index (κ3) is 6.42. The third-order valence-corrected chi connectivity index (χ3v) is 11.0. The minimum absolute atomic E-state index is 0.0182. The highest BCUT2D eigenvalue weighted by Gasteiger charge is 2.51. The van der Waals surface area contributed by atoms with E-state index in [0.717, 1.165) is 11.3 Å². The zero-order valence-electron chi connectivity index (χ0n) is 23.5. The van der Waals surface area contributed by atoms with Crippen LogP contribution in [0.4, 0.5) is 5.69 Å². The smallest absolute Gasteiger partial charge is 0.328 e. The van der Waals surface area contributed by atoms with Crippen molar-refractivity contribution < 1.29 is 24.2 Å². The van der Waals surface area contributed by atoms with Gasteiger partial charge in [-0.25, -0.2) is 0 Å². The Kier molecular flexibility index (Phi) is 8.68. The summed E-state index contributed by atoms with van der Waals surface area (Å²) in [5.74, 6) is -2.41. The number of amides is 1. The fourth-order valence-electron chi connectivity index (χ4n) is 4.47. The van der Waals surface area contributed by atoms with E-state index in [-0.39, 0.29) is 18.9 Å². The zero-order valence-corrected chi connectivity index (χ0v) is 25.5. The number of hydrogen-bond donors (Lipinski definition) is 2. The number of esters is 1. The molecule has 202 valence electrons. The van der Waals surface area contributed by atoms with Gasteiger partial charge in [0.25, 0.3) is 5.91 Å². The molecule has 8 heteroatoms. The number of benzene rings is 2. The second-order valence-electron chi connectivity index (χ2n) is 11.9. The van der Waals surface area contributed by atoms with E-state index >= 15 is 0 Å². The molecule has 2 aromatic carbocycles. The van der Waals surface area contributed by atoms with Crippen molar-refractivity contribution in [3.8, 4) is 0 Å². The third-order valence-electron chi connectivity index (χ3n) is 7.00. The van der Waals surface area contributed by atoms with Gasteiger partial charge in [-0.05, 0) is 42.2 Å². The van der Waals surface area contributed by atoms with Crippen molar-refractivity contribution >= 4 is 50.1 Å². The first-order valence-electron chi connectivity index (χ1n) is 13.0. The zero-order chi connectivity index (χ0) is 28.3. The Morgan fingerprint density at radius 1 is 0.947 bits per heavy atom. The number of allylic oxidation sites excluding steroid dienone is 1. The number of hydrogen-bond acceptors (Lipinski definition) is 4. The molecule has 2 aromatic rings. The molecule has 0 bridgehead atoms. The van der Waals surface area contributed by atoms with Crippen LogP contribution in [0.2, 0.25) is 39.3 Å². The number of carbonyl (C=O) groups is 3. The van der Waals surface area contributed by atoms with E-state index in [4.69, 9.17) is 4.74 Å². The van der Waals surface area contributed by atoms with Crippen LogP contribution in [0, 0.1) is 5.41 Å². The van der Waals surface area contributed by atoms with E-state index in [1.807, 2.05) is 30.3 Å². The Balaban J connectivity index is 1.88. The van der Waals surface area contributed by atoms with Crippen LogP contribution < -0.4 is 15.7 Å². The first-order chi connectivity index (χ1) is 17.7. The SMILES string of the molecule is CCC1=CC(C(=O)Nc2cc([Si](C)(C)C)cc([Si](C)(C)C)c2)=CC[C@]1(C(=O)O)C(=O)OCc1ccccc1. The lowest BCUT2D eigenvalue weighted by Gasteiger charge is -2.31. The average molecular weight is 550 g/mol. The Labute approximate surface area is 227 Å². The summed E-state index contributed by atoms with van der Waals surface area (Å²) >= 11 is 0. The number of aliphatic carboxylic acids is 1. The molecule has 0 fully saturated rings. The number of carboxylic acids is 1. The van der Waals surface area contributed by atoms with E-state index < -0.39 is 33.5 Å². The summed E-state index contributed by atoms with van der Waals surface area (Å²) < 4.78 is 5.46. The number of carboxylic acid groups (broad SMARTS) is 1. The molecule has 0 radical (unpaired) electrons.